The quantitative estimate of drug-likeness (QED) is 0.622. The Morgan fingerprint density at radius 1 is 1.58 bits per heavy atom. The van der Waals surface area contributed by atoms with E-state index in [4.69, 9.17) is 5.11 Å². The van der Waals surface area contributed by atoms with Crippen LogP contribution in [0.4, 0.5) is 0 Å². The fraction of sp³-hybridized carbons (Fsp3) is 0. The molecule has 0 saturated heterocycles. The maximum atomic E-state index is 11.1. The van der Waals surface area contributed by atoms with Gasteiger partial charge in [-0.3, -0.25) is 4.79 Å². The third-order valence-electron chi connectivity index (χ3n) is 1.40. The molecular weight excluding hydrogens is 220 g/mol. The first kappa shape index (κ1) is 9.00. The van der Waals surface area contributed by atoms with Gasteiger partial charge in [-0.15, -0.1) is 0 Å². The van der Waals surface area contributed by atoms with Crippen molar-refractivity contribution in [3.63, 3.8) is 0 Å². The number of halogens is 1. The molecule has 0 bridgehead atoms. The van der Waals surface area contributed by atoms with Gasteiger partial charge in [-0.2, -0.15) is 0 Å². The number of allylic oxidation sites excluding steroid dienone is 1. The van der Waals surface area contributed by atoms with Crippen LogP contribution in [0.5, 0.6) is 5.75 Å². The minimum Gasteiger partial charge on any atom is -0.508 e. The zero-order valence-electron chi connectivity index (χ0n) is 6.25. The summed E-state index contributed by atoms with van der Waals surface area (Å²) in [5.74, 6) is -0.138. The number of carbonyl (C=O) groups is 1. The Bertz CT molecular complexity index is 331. The molecule has 1 N–H and O–H groups in total. The second kappa shape index (κ2) is 3.54. The molecule has 0 aliphatic rings. The Hall–Kier alpha value is -1.09. The van der Waals surface area contributed by atoms with Gasteiger partial charge >= 0.3 is 0 Å². The van der Waals surface area contributed by atoms with Crippen LogP contribution in [0.3, 0.4) is 0 Å². The summed E-state index contributed by atoms with van der Waals surface area (Å²) in [4.78, 5) is 11.1. The van der Waals surface area contributed by atoms with Gasteiger partial charge in [-0.25, -0.2) is 0 Å². The molecule has 1 aromatic carbocycles. The normalized spacial score (nSPS) is 9.42. The van der Waals surface area contributed by atoms with Gasteiger partial charge in [0.05, 0.1) is 0 Å². The first-order valence-corrected chi connectivity index (χ1v) is 4.09. The second-order valence-corrected chi connectivity index (χ2v) is 3.09. The molecule has 12 heavy (non-hydrogen) atoms. The smallest absolute Gasteiger partial charge is 0.186 e. The van der Waals surface area contributed by atoms with Crippen LogP contribution in [0.25, 0.3) is 0 Å². The predicted octanol–water partition coefficient (Wildman–Crippen LogP) is 2.52. The van der Waals surface area contributed by atoms with E-state index in [0.717, 1.165) is 0 Å². The maximum absolute atomic E-state index is 11.1. The van der Waals surface area contributed by atoms with Crippen LogP contribution in [0.2, 0.25) is 0 Å². The van der Waals surface area contributed by atoms with Crippen LogP contribution in [0.15, 0.2) is 35.3 Å². The first-order chi connectivity index (χ1) is 5.65. The maximum Gasteiger partial charge on any atom is 0.186 e. The molecule has 1 aromatic rings. The summed E-state index contributed by atoms with van der Waals surface area (Å²) in [5, 5.41) is 9.07. The molecule has 0 fully saturated rings. The van der Waals surface area contributed by atoms with E-state index in [-0.39, 0.29) is 11.5 Å². The monoisotopic (exact) mass is 226 g/mol. The van der Waals surface area contributed by atoms with E-state index in [0.29, 0.717) is 10.0 Å². The molecule has 1 rings (SSSR count). The number of benzene rings is 1. The number of hydrogen-bond donors (Lipinski definition) is 1. The van der Waals surface area contributed by atoms with Gasteiger partial charge in [0, 0.05) is 10.0 Å². The lowest BCUT2D eigenvalue weighted by atomic mass is 10.1. The second-order valence-electron chi connectivity index (χ2n) is 2.23. The fourth-order valence-electron chi connectivity index (χ4n) is 0.812. The highest BCUT2D eigenvalue weighted by molar-refractivity contribution is 9.10. The molecule has 0 atom stereocenters. The van der Waals surface area contributed by atoms with Crippen LogP contribution in [0, 0.1) is 0 Å². The van der Waals surface area contributed by atoms with Crippen molar-refractivity contribution >= 4 is 21.7 Å². The summed E-state index contributed by atoms with van der Waals surface area (Å²) in [7, 11) is 0. The predicted molar refractivity (Wildman–Crippen MR) is 50.3 cm³/mol. The lowest BCUT2D eigenvalue weighted by Crippen LogP contribution is -1.94. The van der Waals surface area contributed by atoms with Gasteiger partial charge in [-0.05, 0) is 24.3 Å². The lowest BCUT2D eigenvalue weighted by Gasteiger charge is -1.99. The summed E-state index contributed by atoms with van der Waals surface area (Å²) < 4.78 is 0.658. The van der Waals surface area contributed by atoms with Crippen LogP contribution in [0.1, 0.15) is 10.4 Å². The molecule has 62 valence electrons. The molecule has 0 aliphatic carbocycles. The van der Waals surface area contributed by atoms with Crippen molar-refractivity contribution in [3.05, 3.63) is 40.9 Å². The van der Waals surface area contributed by atoms with Gasteiger partial charge in [0.15, 0.2) is 5.78 Å². The Labute approximate surface area is 78.7 Å². The van der Waals surface area contributed by atoms with Crippen molar-refractivity contribution in [2.45, 2.75) is 0 Å². The standard InChI is InChI=1S/C9H7BrO2/c1-2-9(12)7-5-6(11)3-4-8(7)10/h2-5,11H,1H2. The number of rotatable bonds is 2. The van der Waals surface area contributed by atoms with Gasteiger partial charge in [0.1, 0.15) is 5.75 Å². The Kier molecular flexibility index (Phi) is 2.65. The van der Waals surface area contributed by atoms with Crippen molar-refractivity contribution in [2.24, 2.45) is 0 Å². The van der Waals surface area contributed by atoms with E-state index in [1.807, 2.05) is 0 Å². The molecule has 0 radical (unpaired) electrons. The number of ketones is 1. The molecule has 0 unspecified atom stereocenters. The van der Waals surface area contributed by atoms with E-state index in [2.05, 4.69) is 22.5 Å². The molecule has 0 aromatic heterocycles. The van der Waals surface area contributed by atoms with E-state index >= 15 is 0 Å². The molecule has 0 saturated carbocycles. The zero-order chi connectivity index (χ0) is 9.14. The Balaban J connectivity index is 3.22. The van der Waals surface area contributed by atoms with E-state index < -0.39 is 0 Å². The molecule has 0 heterocycles. The molecule has 0 aliphatic heterocycles. The van der Waals surface area contributed by atoms with Crippen LogP contribution < -0.4 is 0 Å². The summed E-state index contributed by atoms with van der Waals surface area (Å²) in [5.41, 5.74) is 0.421. The van der Waals surface area contributed by atoms with Gasteiger partial charge in [0.25, 0.3) is 0 Å². The van der Waals surface area contributed by atoms with E-state index in [9.17, 15) is 4.79 Å². The highest BCUT2D eigenvalue weighted by Crippen LogP contribution is 2.22. The highest BCUT2D eigenvalue weighted by atomic mass is 79.9. The number of phenolic OH excluding ortho intramolecular Hbond substituents is 1. The summed E-state index contributed by atoms with van der Waals surface area (Å²) in [6.07, 6.45) is 1.21. The fourth-order valence-corrected chi connectivity index (χ4v) is 1.25. The van der Waals surface area contributed by atoms with Crippen molar-refractivity contribution in [1.29, 1.82) is 0 Å². The Morgan fingerprint density at radius 2 is 2.25 bits per heavy atom. The average molecular weight is 227 g/mol. The van der Waals surface area contributed by atoms with Crippen molar-refractivity contribution in [1.82, 2.24) is 0 Å². The average Bonchev–Trinajstić information content (AvgIpc) is 2.08. The SMILES string of the molecule is C=CC(=O)c1cc(O)ccc1Br. The Morgan fingerprint density at radius 3 is 2.83 bits per heavy atom. The van der Waals surface area contributed by atoms with Gasteiger partial charge < -0.3 is 5.11 Å². The van der Waals surface area contributed by atoms with Crippen molar-refractivity contribution in [2.75, 3.05) is 0 Å². The zero-order valence-corrected chi connectivity index (χ0v) is 7.84. The van der Waals surface area contributed by atoms with Crippen molar-refractivity contribution in [3.8, 4) is 5.75 Å². The summed E-state index contributed by atoms with van der Waals surface area (Å²) in [6.45, 7) is 3.36. The lowest BCUT2D eigenvalue weighted by molar-refractivity contribution is 0.104. The highest BCUT2D eigenvalue weighted by Gasteiger charge is 2.06. The number of hydrogen-bond acceptors (Lipinski definition) is 2. The third kappa shape index (κ3) is 1.74. The van der Waals surface area contributed by atoms with Gasteiger partial charge in [0.2, 0.25) is 0 Å². The molecule has 3 heteroatoms. The summed E-state index contributed by atoms with van der Waals surface area (Å²) >= 11 is 3.19. The third-order valence-corrected chi connectivity index (χ3v) is 2.09. The van der Waals surface area contributed by atoms with Crippen LogP contribution in [-0.4, -0.2) is 10.9 Å². The number of aromatic hydroxyl groups is 1. The number of phenols is 1. The topological polar surface area (TPSA) is 37.3 Å². The van der Waals surface area contributed by atoms with Crippen molar-refractivity contribution < 1.29 is 9.90 Å². The van der Waals surface area contributed by atoms with Gasteiger partial charge in [-0.1, -0.05) is 22.5 Å². The summed E-state index contributed by atoms with van der Waals surface area (Å²) in [6, 6.07) is 4.52. The largest absolute Gasteiger partial charge is 0.508 e. The molecular formula is C9H7BrO2. The molecule has 0 spiro atoms. The number of carbonyl (C=O) groups excluding carboxylic acids is 1. The van der Waals surface area contributed by atoms with Crippen LogP contribution in [-0.2, 0) is 0 Å². The molecule has 0 amide bonds. The van der Waals surface area contributed by atoms with E-state index in [1.165, 1.54) is 18.2 Å². The minimum atomic E-state index is -0.210. The molecule has 2 nitrogen and oxygen atoms in total. The minimum absolute atomic E-state index is 0.0726. The van der Waals surface area contributed by atoms with Crippen LogP contribution >= 0.6 is 15.9 Å². The van der Waals surface area contributed by atoms with E-state index in [1.54, 1.807) is 6.07 Å². The first-order valence-electron chi connectivity index (χ1n) is 3.30.